The summed E-state index contributed by atoms with van der Waals surface area (Å²) in [7, 11) is 0. The Balaban J connectivity index is 1.33. The summed E-state index contributed by atoms with van der Waals surface area (Å²) in [5, 5.41) is 4.76. The van der Waals surface area contributed by atoms with Gasteiger partial charge in [0.25, 0.3) is 0 Å². The maximum Gasteiger partial charge on any atom is 0.244 e. The summed E-state index contributed by atoms with van der Waals surface area (Å²) < 4.78 is 1.63. The van der Waals surface area contributed by atoms with E-state index in [4.69, 9.17) is 0 Å². The van der Waals surface area contributed by atoms with Crippen LogP contribution in [0.2, 0.25) is 0 Å². The van der Waals surface area contributed by atoms with Gasteiger partial charge in [0.05, 0.1) is 11.7 Å². The van der Waals surface area contributed by atoms with Crippen molar-refractivity contribution in [3.05, 3.63) is 76.6 Å². The predicted molar refractivity (Wildman–Crippen MR) is 109 cm³/mol. The molecule has 0 bridgehead atoms. The number of fused-ring (bicyclic) bond motifs is 1. The van der Waals surface area contributed by atoms with Crippen molar-refractivity contribution in [1.29, 1.82) is 0 Å². The van der Waals surface area contributed by atoms with E-state index in [1.165, 1.54) is 11.8 Å². The Morgan fingerprint density at radius 3 is 2.43 bits per heavy atom. The summed E-state index contributed by atoms with van der Waals surface area (Å²) in [5.74, 6) is 0.0454. The molecule has 1 aliphatic rings. The number of hydrogen-bond acceptors (Lipinski definition) is 4. The molecule has 6 nitrogen and oxygen atoms in total. The molecular formula is C22H24N4O2. The van der Waals surface area contributed by atoms with Gasteiger partial charge in [-0.3, -0.25) is 19.2 Å². The first-order valence-corrected chi connectivity index (χ1v) is 9.69. The maximum absolute atomic E-state index is 12.8. The second-order valence-corrected chi connectivity index (χ2v) is 7.14. The van der Waals surface area contributed by atoms with Gasteiger partial charge in [-0.2, -0.15) is 5.10 Å². The lowest BCUT2D eigenvalue weighted by Gasteiger charge is -2.34. The molecule has 0 spiro atoms. The Bertz CT molecular complexity index is 1010. The van der Waals surface area contributed by atoms with Crippen molar-refractivity contribution < 1.29 is 4.79 Å². The van der Waals surface area contributed by atoms with Crippen LogP contribution in [0.5, 0.6) is 0 Å². The van der Waals surface area contributed by atoms with Crippen molar-refractivity contribution in [1.82, 2.24) is 19.6 Å². The molecule has 28 heavy (non-hydrogen) atoms. The minimum Gasteiger partial charge on any atom is -0.339 e. The van der Waals surface area contributed by atoms with Gasteiger partial charge >= 0.3 is 0 Å². The third-order valence-corrected chi connectivity index (χ3v) is 5.33. The first kappa shape index (κ1) is 18.4. The molecule has 0 unspecified atom stereocenters. The van der Waals surface area contributed by atoms with Crippen LogP contribution in [0, 0.1) is 0 Å². The van der Waals surface area contributed by atoms with Gasteiger partial charge in [0.1, 0.15) is 6.54 Å². The Hall–Kier alpha value is -2.99. The second-order valence-electron chi connectivity index (χ2n) is 7.14. The number of rotatable bonds is 5. The molecule has 2 heterocycles. The van der Waals surface area contributed by atoms with E-state index in [0.29, 0.717) is 10.9 Å². The largest absolute Gasteiger partial charge is 0.339 e. The van der Waals surface area contributed by atoms with Crippen molar-refractivity contribution in [2.45, 2.75) is 13.0 Å². The van der Waals surface area contributed by atoms with Gasteiger partial charge in [0.2, 0.25) is 11.3 Å². The maximum atomic E-state index is 12.8. The monoisotopic (exact) mass is 376 g/mol. The van der Waals surface area contributed by atoms with Crippen molar-refractivity contribution in [3.63, 3.8) is 0 Å². The zero-order valence-electron chi connectivity index (χ0n) is 15.8. The number of carbonyl (C=O) groups is 1. The van der Waals surface area contributed by atoms with Gasteiger partial charge in [-0.25, -0.2) is 0 Å². The van der Waals surface area contributed by atoms with Crippen LogP contribution in [0.3, 0.4) is 0 Å². The van der Waals surface area contributed by atoms with Crippen LogP contribution in [0.15, 0.2) is 65.6 Å². The molecule has 6 heteroatoms. The van der Waals surface area contributed by atoms with Crippen LogP contribution in [0.1, 0.15) is 5.56 Å². The smallest absolute Gasteiger partial charge is 0.244 e. The SMILES string of the molecule is O=C(Cn1ncc(=O)c2ccccc21)N1CCN(CCc2ccccc2)CC1. The third-order valence-electron chi connectivity index (χ3n) is 5.33. The van der Waals surface area contributed by atoms with E-state index < -0.39 is 0 Å². The minimum atomic E-state index is -0.119. The van der Waals surface area contributed by atoms with E-state index in [1.54, 1.807) is 10.7 Å². The lowest BCUT2D eigenvalue weighted by molar-refractivity contribution is -0.133. The highest BCUT2D eigenvalue weighted by Crippen LogP contribution is 2.10. The number of piperazine rings is 1. The van der Waals surface area contributed by atoms with Gasteiger partial charge in [-0.1, -0.05) is 42.5 Å². The van der Waals surface area contributed by atoms with Gasteiger partial charge < -0.3 is 4.90 Å². The van der Waals surface area contributed by atoms with Crippen LogP contribution < -0.4 is 5.43 Å². The molecule has 1 aliphatic heterocycles. The molecule has 0 aliphatic carbocycles. The van der Waals surface area contributed by atoms with E-state index in [9.17, 15) is 9.59 Å². The van der Waals surface area contributed by atoms with Crippen LogP contribution in [-0.2, 0) is 17.8 Å². The number of nitrogens with zero attached hydrogens (tertiary/aromatic N) is 4. The second kappa shape index (κ2) is 8.35. The highest BCUT2D eigenvalue weighted by atomic mass is 16.2. The summed E-state index contributed by atoms with van der Waals surface area (Å²) in [6.07, 6.45) is 2.32. The Morgan fingerprint density at radius 1 is 0.929 bits per heavy atom. The molecule has 1 amide bonds. The van der Waals surface area contributed by atoms with Crippen LogP contribution >= 0.6 is 0 Å². The summed E-state index contributed by atoms with van der Waals surface area (Å²) >= 11 is 0. The fraction of sp³-hybridized carbons (Fsp3) is 0.318. The summed E-state index contributed by atoms with van der Waals surface area (Å²) in [6, 6.07) is 17.8. The third kappa shape index (κ3) is 4.12. The molecule has 0 saturated carbocycles. The Morgan fingerprint density at radius 2 is 1.64 bits per heavy atom. The topological polar surface area (TPSA) is 58.4 Å². The van der Waals surface area contributed by atoms with E-state index in [2.05, 4.69) is 34.3 Å². The first-order valence-electron chi connectivity index (χ1n) is 9.69. The molecule has 2 aromatic carbocycles. The van der Waals surface area contributed by atoms with Crippen molar-refractivity contribution in [3.8, 4) is 0 Å². The molecule has 0 N–H and O–H groups in total. The van der Waals surface area contributed by atoms with Gasteiger partial charge in [-0.15, -0.1) is 0 Å². The van der Waals surface area contributed by atoms with E-state index in [0.717, 1.165) is 39.1 Å². The predicted octanol–water partition coefficient (Wildman–Crippen LogP) is 1.78. The Kier molecular flexibility index (Phi) is 5.48. The average molecular weight is 376 g/mol. The number of carbonyl (C=O) groups excluding carboxylic acids is 1. The number of amides is 1. The highest BCUT2D eigenvalue weighted by Gasteiger charge is 2.21. The fourth-order valence-corrected chi connectivity index (χ4v) is 3.67. The molecular weight excluding hydrogens is 352 g/mol. The lowest BCUT2D eigenvalue weighted by Crippen LogP contribution is -2.50. The lowest BCUT2D eigenvalue weighted by atomic mass is 10.1. The summed E-state index contributed by atoms with van der Waals surface area (Å²) in [4.78, 5) is 29.0. The van der Waals surface area contributed by atoms with E-state index in [-0.39, 0.29) is 17.9 Å². The van der Waals surface area contributed by atoms with Gasteiger partial charge in [0, 0.05) is 38.1 Å². The summed E-state index contributed by atoms with van der Waals surface area (Å²) in [5.41, 5.74) is 1.92. The molecule has 0 atom stereocenters. The number of benzene rings is 2. The normalized spacial score (nSPS) is 15.1. The van der Waals surface area contributed by atoms with Crippen molar-refractivity contribution >= 4 is 16.8 Å². The minimum absolute atomic E-state index is 0.0454. The molecule has 1 aromatic heterocycles. The van der Waals surface area contributed by atoms with E-state index in [1.807, 2.05) is 29.2 Å². The average Bonchev–Trinajstić information content (AvgIpc) is 2.75. The molecule has 4 rings (SSSR count). The van der Waals surface area contributed by atoms with Crippen molar-refractivity contribution in [2.75, 3.05) is 32.7 Å². The highest BCUT2D eigenvalue weighted by molar-refractivity contribution is 5.81. The van der Waals surface area contributed by atoms with Crippen LogP contribution in [0.4, 0.5) is 0 Å². The number of para-hydroxylation sites is 1. The molecule has 3 aromatic rings. The number of hydrogen-bond donors (Lipinski definition) is 0. The zero-order chi connectivity index (χ0) is 19.3. The quantitative estimate of drug-likeness (QED) is 0.681. The van der Waals surface area contributed by atoms with Gasteiger partial charge in [0.15, 0.2) is 0 Å². The zero-order valence-corrected chi connectivity index (χ0v) is 15.8. The van der Waals surface area contributed by atoms with Crippen molar-refractivity contribution in [2.24, 2.45) is 0 Å². The summed E-state index contributed by atoms with van der Waals surface area (Å²) in [6.45, 7) is 4.40. The fourth-order valence-electron chi connectivity index (χ4n) is 3.67. The molecule has 1 fully saturated rings. The first-order chi connectivity index (χ1) is 13.7. The van der Waals surface area contributed by atoms with Crippen LogP contribution in [0.25, 0.3) is 10.9 Å². The molecule has 1 saturated heterocycles. The standard InChI is InChI=1S/C22H24N4O2/c27-21-16-23-26(20-9-5-4-8-19(20)21)17-22(28)25-14-12-24(13-15-25)11-10-18-6-2-1-3-7-18/h1-9,16H,10-15,17H2. The van der Waals surface area contributed by atoms with Crippen LogP contribution in [-0.4, -0.2) is 58.2 Å². The Labute approximate surface area is 164 Å². The van der Waals surface area contributed by atoms with Gasteiger partial charge in [-0.05, 0) is 24.1 Å². The van der Waals surface area contributed by atoms with E-state index >= 15 is 0 Å². The number of aromatic nitrogens is 2. The molecule has 0 radical (unpaired) electrons. The molecule has 144 valence electrons.